The summed E-state index contributed by atoms with van der Waals surface area (Å²) >= 11 is 0. The fraction of sp³-hybridized carbons (Fsp3) is 0.333. The molecule has 0 unspecified atom stereocenters. The normalized spacial score (nSPS) is 13.5. The first-order chi connectivity index (χ1) is 21.4. The molecule has 0 saturated heterocycles. The molecule has 1 heterocycles. The number of nitrogens with one attached hydrogen (secondary N) is 3. The maximum Gasteiger partial charge on any atom is 0.514 e. The molecule has 0 fully saturated rings. The van der Waals surface area contributed by atoms with Gasteiger partial charge in [0.2, 0.25) is 17.7 Å². The fourth-order valence-corrected chi connectivity index (χ4v) is 4.01. The monoisotopic (exact) mass is 623 g/mol. The van der Waals surface area contributed by atoms with Crippen molar-refractivity contribution in [2.24, 2.45) is 0 Å². The number of carbonyl (C=O) groups is 6. The van der Waals surface area contributed by atoms with Crippen molar-refractivity contribution in [2.45, 2.75) is 58.2 Å². The van der Waals surface area contributed by atoms with E-state index in [9.17, 15) is 38.9 Å². The maximum absolute atomic E-state index is 12.6. The molecule has 2 aromatic carbocycles. The largest absolute Gasteiger partial charge is 0.514 e. The molecule has 0 bridgehead atoms. The number of imide groups is 1. The maximum atomic E-state index is 12.6. The van der Waals surface area contributed by atoms with Crippen LogP contribution in [-0.2, 0) is 35.3 Å². The van der Waals surface area contributed by atoms with E-state index >= 15 is 0 Å². The summed E-state index contributed by atoms with van der Waals surface area (Å²) in [5.41, 5.74) is 0.869. The second-order valence-electron chi connectivity index (χ2n) is 10.1. The molecule has 3 rings (SSSR count). The average molecular weight is 624 g/mol. The highest BCUT2D eigenvalue weighted by Gasteiger charge is 2.23. The van der Waals surface area contributed by atoms with Crippen LogP contribution in [0.1, 0.15) is 45.1 Å². The van der Waals surface area contributed by atoms with Crippen LogP contribution >= 0.6 is 0 Å². The van der Waals surface area contributed by atoms with Crippen molar-refractivity contribution in [3.63, 3.8) is 0 Å². The molecule has 238 valence electrons. The van der Waals surface area contributed by atoms with Crippen molar-refractivity contribution < 1.29 is 43.2 Å². The summed E-state index contributed by atoms with van der Waals surface area (Å²) in [5, 5.41) is 18.5. The Morgan fingerprint density at radius 3 is 2.09 bits per heavy atom. The van der Waals surface area contributed by atoms with E-state index in [0.717, 1.165) is 4.90 Å². The van der Waals surface area contributed by atoms with Gasteiger partial charge in [0.25, 0.3) is 17.5 Å². The standard InChI is InChI=1S/C30H33N5O10/c1-19(31-25(36)6-4-3-5-17-34-26(37)15-16-27(34)38)28(39)32-20(2)29(40)33-22-9-7-21(8-10-22)18-44-30(41)45-24-13-11-23(12-14-24)35(42)43/h7-16,19-20H,3-6,17-18H2,1-2H3,(H,31,36)(H,32,39)(H,33,40)/t19-,20-/m0/s1. The van der Waals surface area contributed by atoms with Crippen molar-refractivity contribution in [3.8, 4) is 5.75 Å². The molecule has 0 saturated carbocycles. The van der Waals surface area contributed by atoms with E-state index in [2.05, 4.69) is 16.0 Å². The first-order valence-electron chi connectivity index (χ1n) is 14.0. The molecule has 1 aliphatic heterocycles. The highest BCUT2D eigenvalue weighted by atomic mass is 16.7. The zero-order valence-corrected chi connectivity index (χ0v) is 24.6. The predicted octanol–water partition coefficient (Wildman–Crippen LogP) is 2.74. The third-order valence-electron chi connectivity index (χ3n) is 6.54. The number of ether oxygens (including phenoxy) is 2. The van der Waals surface area contributed by atoms with Gasteiger partial charge in [0.05, 0.1) is 4.92 Å². The molecule has 15 nitrogen and oxygen atoms in total. The van der Waals surface area contributed by atoms with Crippen LogP contribution < -0.4 is 20.7 Å². The van der Waals surface area contributed by atoms with Gasteiger partial charge in [-0.2, -0.15) is 0 Å². The van der Waals surface area contributed by atoms with Crippen LogP contribution in [0.3, 0.4) is 0 Å². The van der Waals surface area contributed by atoms with Gasteiger partial charge in [0.15, 0.2) is 0 Å². The van der Waals surface area contributed by atoms with Crippen LogP contribution in [-0.4, -0.2) is 64.1 Å². The van der Waals surface area contributed by atoms with Gasteiger partial charge < -0.3 is 25.4 Å². The van der Waals surface area contributed by atoms with Gasteiger partial charge in [0.1, 0.15) is 24.4 Å². The molecule has 2 aromatic rings. The van der Waals surface area contributed by atoms with Gasteiger partial charge >= 0.3 is 6.16 Å². The van der Waals surface area contributed by atoms with Gasteiger partial charge in [-0.1, -0.05) is 18.6 Å². The summed E-state index contributed by atoms with van der Waals surface area (Å²) in [6.07, 6.45) is 3.30. The highest BCUT2D eigenvalue weighted by molar-refractivity contribution is 6.12. The van der Waals surface area contributed by atoms with Crippen molar-refractivity contribution in [1.82, 2.24) is 15.5 Å². The Morgan fingerprint density at radius 1 is 0.844 bits per heavy atom. The molecule has 0 radical (unpaired) electrons. The zero-order chi connectivity index (χ0) is 32.9. The number of non-ortho nitro benzene ring substituents is 1. The number of unbranched alkanes of at least 4 members (excludes halogenated alkanes) is 2. The SMILES string of the molecule is C[C@H](NC(=O)CCCCCN1C(=O)C=CC1=O)C(=O)N[C@@H](C)C(=O)Nc1ccc(COC(=O)Oc2ccc([N+](=O)[O-])cc2)cc1. The third kappa shape index (κ3) is 10.9. The number of benzene rings is 2. The van der Waals surface area contributed by atoms with E-state index in [-0.39, 0.29) is 48.7 Å². The van der Waals surface area contributed by atoms with Crippen LogP contribution in [0.25, 0.3) is 0 Å². The average Bonchev–Trinajstić information content (AvgIpc) is 3.33. The molecule has 0 aromatic heterocycles. The Bertz CT molecular complexity index is 1440. The number of nitro benzene ring substituents is 1. The molecular weight excluding hydrogens is 590 g/mol. The number of hydrogen-bond acceptors (Lipinski definition) is 10. The second-order valence-corrected chi connectivity index (χ2v) is 10.1. The summed E-state index contributed by atoms with van der Waals surface area (Å²) in [7, 11) is 0. The second kappa shape index (κ2) is 16.3. The number of anilines is 1. The summed E-state index contributed by atoms with van der Waals surface area (Å²) in [5.74, 6) is -1.98. The van der Waals surface area contributed by atoms with Crippen molar-refractivity contribution >= 4 is 47.1 Å². The van der Waals surface area contributed by atoms with E-state index in [1.54, 1.807) is 24.3 Å². The first kappa shape index (κ1) is 33.9. The van der Waals surface area contributed by atoms with Crippen LogP contribution in [0.2, 0.25) is 0 Å². The highest BCUT2D eigenvalue weighted by Crippen LogP contribution is 2.18. The quantitative estimate of drug-likeness (QED) is 0.0661. The van der Waals surface area contributed by atoms with Crippen LogP contribution in [0.5, 0.6) is 5.75 Å². The Hall–Kier alpha value is -5.60. The molecule has 5 amide bonds. The Labute approximate surface area is 258 Å². The lowest BCUT2D eigenvalue weighted by Crippen LogP contribution is -2.50. The lowest BCUT2D eigenvalue weighted by Gasteiger charge is -2.18. The Morgan fingerprint density at radius 2 is 1.47 bits per heavy atom. The lowest BCUT2D eigenvalue weighted by atomic mass is 10.1. The topological polar surface area (TPSA) is 203 Å². The van der Waals surface area contributed by atoms with E-state index in [0.29, 0.717) is 30.5 Å². The molecule has 15 heteroatoms. The Balaban J connectivity index is 1.32. The van der Waals surface area contributed by atoms with Crippen LogP contribution in [0.4, 0.5) is 16.2 Å². The van der Waals surface area contributed by atoms with Gasteiger partial charge in [-0.05, 0) is 56.5 Å². The van der Waals surface area contributed by atoms with Crippen LogP contribution in [0.15, 0.2) is 60.7 Å². The third-order valence-corrected chi connectivity index (χ3v) is 6.54. The van der Waals surface area contributed by atoms with Crippen molar-refractivity contribution in [2.75, 3.05) is 11.9 Å². The predicted molar refractivity (Wildman–Crippen MR) is 159 cm³/mol. The molecular formula is C30H33N5O10. The fourth-order valence-electron chi connectivity index (χ4n) is 4.01. The molecule has 3 N–H and O–H groups in total. The number of amides is 5. The summed E-state index contributed by atoms with van der Waals surface area (Å²) in [6, 6.07) is 9.50. The summed E-state index contributed by atoms with van der Waals surface area (Å²) < 4.78 is 10.0. The molecule has 45 heavy (non-hydrogen) atoms. The molecule has 0 spiro atoms. The minimum absolute atomic E-state index is 0.0828. The molecule has 0 aliphatic carbocycles. The van der Waals surface area contributed by atoms with Gasteiger partial charge in [0, 0.05) is 42.9 Å². The number of nitrogens with zero attached hydrogens (tertiary/aromatic N) is 2. The van der Waals surface area contributed by atoms with E-state index in [4.69, 9.17) is 9.47 Å². The number of carbonyl (C=O) groups excluding carboxylic acids is 6. The number of rotatable bonds is 15. The van der Waals surface area contributed by atoms with Gasteiger partial charge in [-0.3, -0.25) is 39.0 Å². The minimum atomic E-state index is -1.00. The Kier molecular flexibility index (Phi) is 12.3. The smallest absolute Gasteiger partial charge is 0.429 e. The zero-order valence-electron chi connectivity index (χ0n) is 24.6. The first-order valence-corrected chi connectivity index (χ1v) is 14.0. The lowest BCUT2D eigenvalue weighted by molar-refractivity contribution is -0.384. The summed E-state index contributed by atoms with van der Waals surface area (Å²) in [6.45, 7) is 3.14. The van der Waals surface area contributed by atoms with Gasteiger partial charge in [-0.25, -0.2) is 4.79 Å². The van der Waals surface area contributed by atoms with Gasteiger partial charge in [-0.15, -0.1) is 0 Å². The van der Waals surface area contributed by atoms with E-state index in [1.165, 1.54) is 50.3 Å². The van der Waals surface area contributed by atoms with E-state index in [1.807, 2.05) is 0 Å². The molecule has 1 aliphatic rings. The number of hydrogen-bond donors (Lipinski definition) is 3. The summed E-state index contributed by atoms with van der Waals surface area (Å²) in [4.78, 5) is 83.5. The van der Waals surface area contributed by atoms with E-state index < -0.39 is 35.0 Å². The van der Waals surface area contributed by atoms with Crippen molar-refractivity contribution in [3.05, 3.63) is 76.4 Å². The van der Waals surface area contributed by atoms with Crippen molar-refractivity contribution in [1.29, 1.82) is 0 Å². The minimum Gasteiger partial charge on any atom is -0.429 e. The molecule has 2 atom stereocenters. The number of nitro groups is 1. The van der Waals surface area contributed by atoms with Crippen LogP contribution in [0, 0.1) is 10.1 Å².